The van der Waals surface area contributed by atoms with Gasteiger partial charge in [0.2, 0.25) is 0 Å². The summed E-state index contributed by atoms with van der Waals surface area (Å²) in [6, 6.07) is 7.34. The van der Waals surface area contributed by atoms with E-state index in [-0.39, 0.29) is 5.91 Å². The monoisotopic (exact) mass is 339 g/mol. The number of nitrogens with one attached hydrogen (secondary N) is 1. The number of carbonyl (C=O) groups excluding carboxylic acids is 1. The quantitative estimate of drug-likeness (QED) is 0.869. The fourth-order valence-corrected chi connectivity index (χ4v) is 2.62. The maximum absolute atomic E-state index is 12.3. The standard InChI is InChI=1S/C18H22BN3O3/c1-12-8-13(19-24-17(2,3)18(4,5)25-19)10-14(9-12)22-16(23)15-6-7-20-11-21-15/h6-11H,1-5H3,(H,22,23). The average Bonchev–Trinajstić information content (AvgIpc) is 2.76. The number of aryl methyl sites for hydroxylation is 1. The van der Waals surface area contributed by atoms with E-state index >= 15 is 0 Å². The Bertz CT molecular complexity index is 777. The number of benzene rings is 1. The van der Waals surface area contributed by atoms with Crippen molar-refractivity contribution in [2.45, 2.75) is 45.8 Å². The molecule has 3 rings (SSSR count). The third kappa shape index (κ3) is 3.57. The Morgan fingerprint density at radius 3 is 2.40 bits per heavy atom. The zero-order valence-corrected chi connectivity index (χ0v) is 15.2. The number of carbonyl (C=O) groups is 1. The van der Waals surface area contributed by atoms with E-state index in [1.165, 1.54) is 12.5 Å². The summed E-state index contributed by atoms with van der Waals surface area (Å²) < 4.78 is 12.2. The van der Waals surface area contributed by atoms with E-state index in [9.17, 15) is 4.79 Å². The van der Waals surface area contributed by atoms with Gasteiger partial charge in [-0.3, -0.25) is 4.79 Å². The number of amides is 1. The predicted molar refractivity (Wildman–Crippen MR) is 96.9 cm³/mol. The van der Waals surface area contributed by atoms with E-state index < -0.39 is 18.3 Å². The van der Waals surface area contributed by atoms with Crippen molar-refractivity contribution in [1.29, 1.82) is 0 Å². The van der Waals surface area contributed by atoms with E-state index in [2.05, 4.69) is 15.3 Å². The summed E-state index contributed by atoms with van der Waals surface area (Å²) in [4.78, 5) is 20.1. The van der Waals surface area contributed by atoms with Crippen molar-refractivity contribution >= 4 is 24.2 Å². The lowest BCUT2D eigenvalue weighted by Gasteiger charge is -2.32. The molecule has 7 heteroatoms. The van der Waals surface area contributed by atoms with Crippen molar-refractivity contribution in [3.05, 3.63) is 48.0 Å². The summed E-state index contributed by atoms with van der Waals surface area (Å²) >= 11 is 0. The Balaban J connectivity index is 1.83. The first-order valence-electron chi connectivity index (χ1n) is 8.22. The summed E-state index contributed by atoms with van der Waals surface area (Å²) in [5.74, 6) is -0.284. The molecule has 1 aromatic carbocycles. The third-order valence-corrected chi connectivity index (χ3v) is 4.70. The number of hydrogen-bond acceptors (Lipinski definition) is 5. The van der Waals surface area contributed by atoms with Gasteiger partial charge in [-0.1, -0.05) is 6.07 Å². The Morgan fingerprint density at radius 2 is 1.80 bits per heavy atom. The van der Waals surface area contributed by atoms with Gasteiger partial charge in [0.25, 0.3) is 5.91 Å². The lowest BCUT2D eigenvalue weighted by molar-refractivity contribution is 0.00578. The highest BCUT2D eigenvalue weighted by molar-refractivity contribution is 6.62. The first-order valence-corrected chi connectivity index (χ1v) is 8.22. The minimum Gasteiger partial charge on any atom is -0.399 e. The molecule has 130 valence electrons. The van der Waals surface area contributed by atoms with Crippen molar-refractivity contribution in [1.82, 2.24) is 9.97 Å². The zero-order valence-electron chi connectivity index (χ0n) is 15.2. The van der Waals surface area contributed by atoms with Crippen molar-refractivity contribution < 1.29 is 14.1 Å². The summed E-state index contributed by atoms with van der Waals surface area (Å²) in [5, 5.41) is 2.86. The molecule has 1 fully saturated rings. The number of nitrogens with zero attached hydrogens (tertiary/aromatic N) is 2. The molecule has 0 unspecified atom stereocenters. The highest BCUT2D eigenvalue weighted by Crippen LogP contribution is 2.36. The fourth-order valence-electron chi connectivity index (χ4n) is 2.62. The molecule has 0 spiro atoms. The molecule has 1 aliphatic rings. The Labute approximate surface area is 148 Å². The largest absolute Gasteiger partial charge is 0.494 e. The van der Waals surface area contributed by atoms with Crippen LogP contribution >= 0.6 is 0 Å². The van der Waals surface area contributed by atoms with Crippen LogP contribution in [0.2, 0.25) is 0 Å². The molecule has 1 N–H and O–H groups in total. The predicted octanol–water partition coefficient (Wildman–Crippen LogP) is 2.34. The normalized spacial score (nSPS) is 18.2. The maximum atomic E-state index is 12.3. The van der Waals surface area contributed by atoms with Crippen molar-refractivity contribution in [2.24, 2.45) is 0 Å². The van der Waals surface area contributed by atoms with Crippen LogP contribution in [0, 0.1) is 6.92 Å². The van der Waals surface area contributed by atoms with Crippen molar-refractivity contribution in [3.63, 3.8) is 0 Å². The fraction of sp³-hybridized carbons (Fsp3) is 0.389. The lowest BCUT2D eigenvalue weighted by atomic mass is 9.78. The van der Waals surface area contributed by atoms with Gasteiger partial charge in [0.05, 0.1) is 11.2 Å². The maximum Gasteiger partial charge on any atom is 0.494 e. The molecular formula is C18H22BN3O3. The van der Waals surface area contributed by atoms with Gasteiger partial charge < -0.3 is 14.6 Å². The van der Waals surface area contributed by atoms with Crippen LogP contribution in [-0.4, -0.2) is 34.2 Å². The minimum absolute atomic E-state index is 0.284. The van der Waals surface area contributed by atoms with Crippen LogP contribution in [0.1, 0.15) is 43.7 Å². The highest BCUT2D eigenvalue weighted by atomic mass is 16.7. The Kier molecular flexibility index (Phi) is 4.39. The second-order valence-electron chi connectivity index (χ2n) is 7.27. The van der Waals surface area contributed by atoms with Crippen LogP contribution in [0.3, 0.4) is 0 Å². The number of anilines is 1. The highest BCUT2D eigenvalue weighted by Gasteiger charge is 2.51. The molecule has 1 aromatic heterocycles. The van der Waals surface area contributed by atoms with Gasteiger partial charge in [-0.05, 0) is 63.8 Å². The molecule has 0 saturated carbocycles. The van der Waals surface area contributed by atoms with E-state index in [1.54, 1.807) is 6.07 Å². The van der Waals surface area contributed by atoms with E-state index in [0.29, 0.717) is 11.4 Å². The van der Waals surface area contributed by atoms with E-state index in [1.807, 2.05) is 52.8 Å². The third-order valence-electron chi connectivity index (χ3n) is 4.70. The van der Waals surface area contributed by atoms with Crippen LogP contribution in [0.4, 0.5) is 5.69 Å². The minimum atomic E-state index is -0.473. The average molecular weight is 339 g/mol. The Morgan fingerprint density at radius 1 is 1.12 bits per heavy atom. The first kappa shape index (κ1) is 17.6. The summed E-state index contributed by atoms with van der Waals surface area (Å²) in [7, 11) is -0.473. The van der Waals surface area contributed by atoms with Gasteiger partial charge in [0.1, 0.15) is 12.0 Å². The summed E-state index contributed by atoms with van der Waals surface area (Å²) in [5.41, 5.74) is 2.04. The smallest absolute Gasteiger partial charge is 0.399 e. The summed E-state index contributed by atoms with van der Waals surface area (Å²) in [6.07, 6.45) is 2.88. The van der Waals surface area contributed by atoms with Gasteiger partial charge in [-0.25, -0.2) is 9.97 Å². The van der Waals surface area contributed by atoms with Crippen LogP contribution < -0.4 is 10.8 Å². The van der Waals surface area contributed by atoms with E-state index in [0.717, 1.165) is 11.0 Å². The van der Waals surface area contributed by atoms with Crippen molar-refractivity contribution in [3.8, 4) is 0 Å². The first-order chi connectivity index (χ1) is 11.7. The second-order valence-corrected chi connectivity index (χ2v) is 7.27. The van der Waals surface area contributed by atoms with Gasteiger partial charge in [-0.15, -0.1) is 0 Å². The number of rotatable bonds is 3. The lowest BCUT2D eigenvalue weighted by Crippen LogP contribution is -2.41. The number of hydrogen-bond donors (Lipinski definition) is 1. The van der Waals surface area contributed by atoms with Gasteiger partial charge in [-0.2, -0.15) is 0 Å². The molecule has 6 nitrogen and oxygen atoms in total. The molecule has 1 aliphatic heterocycles. The molecule has 0 aliphatic carbocycles. The molecule has 2 aromatic rings. The Hall–Kier alpha value is -2.25. The molecule has 0 atom stereocenters. The molecule has 1 saturated heterocycles. The second kappa shape index (κ2) is 6.24. The number of aromatic nitrogens is 2. The topological polar surface area (TPSA) is 73.3 Å². The van der Waals surface area contributed by atoms with E-state index in [4.69, 9.17) is 9.31 Å². The SMILES string of the molecule is Cc1cc(NC(=O)c2ccncn2)cc(B2OC(C)(C)C(C)(C)O2)c1. The molecule has 25 heavy (non-hydrogen) atoms. The molecule has 0 bridgehead atoms. The molecule has 2 heterocycles. The van der Waals surface area contributed by atoms with Gasteiger partial charge >= 0.3 is 7.12 Å². The molecular weight excluding hydrogens is 317 g/mol. The van der Waals surface area contributed by atoms with Crippen molar-refractivity contribution in [2.75, 3.05) is 5.32 Å². The van der Waals surface area contributed by atoms with Crippen LogP contribution in [0.15, 0.2) is 36.8 Å². The van der Waals surface area contributed by atoms with Crippen LogP contribution in [0.25, 0.3) is 0 Å². The van der Waals surface area contributed by atoms with Crippen LogP contribution in [0.5, 0.6) is 0 Å². The summed E-state index contributed by atoms with van der Waals surface area (Å²) in [6.45, 7) is 10.0. The van der Waals surface area contributed by atoms with Crippen LogP contribution in [-0.2, 0) is 9.31 Å². The zero-order chi connectivity index (χ0) is 18.2. The van der Waals surface area contributed by atoms with Gasteiger partial charge in [0, 0.05) is 11.9 Å². The molecule has 0 radical (unpaired) electrons. The van der Waals surface area contributed by atoms with Gasteiger partial charge in [0.15, 0.2) is 0 Å². The molecule has 1 amide bonds.